The Balaban J connectivity index is 1.30. The van der Waals surface area contributed by atoms with Gasteiger partial charge in [0.1, 0.15) is 22.8 Å². The first-order valence-corrected chi connectivity index (χ1v) is 11.2. The van der Waals surface area contributed by atoms with Crippen molar-refractivity contribution in [3.8, 4) is 5.75 Å². The molecule has 0 fully saturated rings. The molecule has 0 aliphatic rings. The lowest BCUT2D eigenvalue weighted by Gasteiger charge is -2.09. The average Bonchev–Trinajstić information content (AvgIpc) is 3.25. The Labute approximate surface area is 194 Å². The maximum absolute atomic E-state index is 11.8. The monoisotopic (exact) mass is 453 g/mol. The number of carboxylic acids is 1. The number of oxazole rings is 1. The third-order valence-electron chi connectivity index (χ3n) is 5.13. The van der Waals surface area contributed by atoms with E-state index in [4.69, 9.17) is 9.15 Å². The predicted octanol–water partition coefficient (Wildman–Crippen LogP) is 6.78. The van der Waals surface area contributed by atoms with E-state index in [2.05, 4.69) is 29.2 Å². The fourth-order valence-electron chi connectivity index (χ4n) is 3.51. The van der Waals surface area contributed by atoms with Crippen LogP contribution in [-0.4, -0.2) is 16.1 Å². The predicted molar refractivity (Wildman–Crippen MR) is 130 cm³/mol. The maximum Gasteiger partial charge on any atom is 0.342 e. The molecule has 0 atom stereocenters. The van der Waals surface area contributed by atoms with Crippen molar-refractivity contribution in [1.29, 1.82) is 0 Å². The highest BCUT2D eigenvalue weighted by atomic mass is 32.2. The first-order valence-electron chi connectivity index (χ1n) is 10.3. The molecule has 1 N–H and O–H groups in total. The summed E-state index contributed by atoms with van der Waals surface area (Å²) < 4.78 is 11.6. The van der Waals surface area contributed by atoms with Gasteiger partial charge < -0.3 is 14.3 Å². The van der Waals surface area contributed by atoms with Crippen LogP contribution in [0.3, 0.4) is 0 Å². The molecule has 0 aliphatic heterocycles. The van der Waals surface area contributed by atoms with Crippen LogP contribution in [0, 0.1) is 0 Å². The normalized spacial score (nSPS) is 11.7. The summed E-state index contributed by atoms with van der Waals surface area (Å²) in [6, 6.07) is 29.0. The standard InChI is InChI=1S/C27H19NO4S/c29-26(30)25(33-27-28-23-10-3-4-11-24(23)32-27)16-18-12-14-21(15-13-18)31-17-20-8-5-7-19-6-1-2-9-22(19)20/h1-16H,17H2,(H,29,30)/b25-16-. The summed E-state index contributed by atoms with van der Waals surface area (Å²) in [5.74, 6) is -0.331. The molecule has 5 aromatic rings. The minimum Gasteiger partial charge on any atom is -0.489 e. The minimum absolute atomic E-state index is 0.117. The van der Waals surface area contributed by atoms with Crippen molar-refractivity contribution in [3.05, 3.63) is 107 Å². The molecule has 6 heteroatoms. The molecule has 0 aliphatic carbocycles. The lowest BCUT2D eigenvalue weighted by molar-refractivity contribution is -0.131. The van der Waals surface area contributed by atoms with Gasteiger partial charge in [0, 0.05) is 0 Å². The van der Waals surface area contributed by atoms with Crippen molar-refractivity contribution in [3.63, 3.8) is 0 Å². The summed E-state index contributed by atoms with van der Waals surface area (Å²) in [4.78, 5) is 16.2. The number of rotatable bonds is 7. The lowest BCUT2D eigenvalue weighted by atomic mass is 10.1. The minimum atomic E-state index is -1.04. The first-order chi connectivity index (χ1) is 16.2. The van der Waals surface area contributed by atoms with E-state index >= 15 is 0 Å². The van der Waals surface area contributed by atoms with E-state index in [9.17, 15) is 9.90 Å². The van der Waals surface area contributed by atoms with Crippen molar-refractivity contribution < 1.29 is 19.1 Å². The van der Waals surface area contributed by atoms with Gasteiger partial charge in [-0.15, -0.1) is 0 Å². The van der Waals surface area contributed by atoms with Gasteiger partial charge in [-0.2, -0.15) is 0 Å². The Morgan fingerprint density at radius 3 is 2.52 bits per heavy atom. The fraction of sp³-hybridized carbons (Fsp3) is 0.0370. The highest BCUT2D eigenvalue weighted by Crippen LogP contribution is 2.31. The number of ether oxygens (including phenoxy) is 1. The zero-order valence-electron chi connectivity index (χ0n) is 17.5. The number of aliphatic carboxylic acids is 1. The van der Waals surface area contributed by atoms with Gasteiger partial charge >= 0.3 is 5.97 Å². The van der Waals surface area contributed by atoms with Crippen molar-refractivity contribution in [2.45, 2.75) is 11.8 Å². The number of nitrogens with zero attached hydrogens (tertiary/aromatic N) is 1. The zero-order valence-corrected chi connectivity index (χ0v) is 18.3. The topological polar surface area (TPSA) is 72.6 Å². The maximum atomic E-state index is 11.8. The molecule has 0 spiro atoms. The van der Waals surface area contributed by atoms with E-state index < -0.39 is 5.97 Å². The van der Waals surface area contributed by atoms with Crippen molar-refractivity contribution in [2.24, 2.45) is 0 Å². The summed E-state index contributed by atoms with van der Waals surface area (Å²) in [5.41, 5.74) is 3.17. The third-order valence-corrected chi connectivity index (χ3v) is 6.00. The van der Waals surface area contributed by atoms with E-state index in [1.165, 1.54) is 10.8 Å². The molecule has 33 heavy (non-hydrogen) atoms. The highest BCUT2D eigenvalue weighted by molar-refractivity contribution is 8.03. The van der Waals surface area contributed by atoms with Gasteiger partial charge in [0.05, 0.1) is 0 Å². The molecular formula is C27H19NO4S. The Morgan fingerprint density at radius 1 is 0.939 bits per heavy atom. The molecule has 0 amide bonds. The quantitative estimate of drug-likeness (QED) is 0.216. The van der Waals surface area contributed by atoms with Crippen LogP contribution >= 0.6 is 11.8 Å². The van der Waals surface area contributed by atoms with Crippen LogP contribution in [0.1, 0.15) is 11.1 Å². The summed E-state index contributed by atoms with van der Waals surface area (Å²) in [6.07, 6.45) is 1.59. The number of aromatic nitrogens is 1. The highest BCUT2D eigenvalue weighted by Gasteiger charge is 2.15. The Bertz CT molecular complexity index is 1430. The molecule has 0 saturated carbocycles. The number of hydrogen-bond acceptors (Lipinski definition) is 5. The van der Waals surface area contributed by atoms with Gasteiger partial charge in [0.2, 0.25) is 0 Å². The summed E-state index contributed by atoms with van der Waals surface area (Å²) >= 11 is 0.983. The first kappa shape index (κ1) is 20.8. The van der Waals surface area contributed by atoms with Gasteiger partial charge in [0.15, 0.2) is 5.58 Å². The summed E-state index contributed by atoms with van der Waals surface area (Å²) in [7, 11) is 0. The molecule has 162 valence electrons. The van der Waals surface area contributed by atoms with Crippen LogP contribution in [0.2, 0.25) is 0 Å². The van der Waals surface area contributed by atoms with Crippen LogP contribution in [-0.2, 0) is 11.4 Å². The molecule has 0 unspecified atom stereocenters. The number of benzene rings is 4. The van der Waals surface area contributed by atoms with E-state index in [0.29, 0.717) is 28.7 Å². The van der Waals surface area contributed by atoms with Crippen molar-refractivity contribution in [2.75, 3.05) is 0 Å². The number of carboxylic acid groups (broad SMARTS) is 1. The largest absolute Gasteiger partial charge is 0.489 e. The van der Waals surface area contributed by atoms with E-state index in [-0.39, 0.29) is 4.91 Å². The van der Waals surface area contributed by atoms with E-state index in [0.717, 1.165) is 22.9 Å². The molecule has 0 radical (unpaired) electrons. The average molecular weight is 454 g/mol. The summed E-state index contributed by atoms with van der Waals surface area (Å²) in [5, 5.41) is 12.3. The molecule has 5 rings (SSSR count). The van der Waals surface area contributed by atoms with Crippen LogP contribution < -0.4 is 4.74 Å². The molecule has 4 aromatic carbocycles. The molecule has 1 aromatic heterocycles. The number of fused-ring (bicyclic) bond motifs is 2. The van der Waals surface area contributed by atoms with E-state index in [1.54, 1.807) is 12.1 Å². The number of carbonyl (C=O) groups is 1. The lowest BCUT2D eigenvalue weighted by Crippen LogP contribution is -1.97. The molecule has 0 bridgehead atoms. The van der Waals surface area contributed by atoms with Gasteiger partial charge in [0.25, 0.3) is 5.22 Å². The Morgan fingerprint density at radius 2 is 1.70 bits per heavy atom. The molecular weight excluding hydrogens is 434 g/mol. The SMILES string of the molecule is O=C(O)/C(=C/c1ccc(OCc2cccc3ccccc23)cc1)Sc1nc2ccccc2o1. The summed E-state index contributed by atoms with van der Waals surface area (Å²) in [6.45, 7) is 0.449. The van der Waals surface area contributed by atoms with Gasteiger partial charge in [-0.05, 0) is 64.0 Å². The molecule has 1 heterocycles. The Kier molecular flexibility index (Phi) is 5.83. The van der Waals surface area contributed by atoms with Crippen LogP contribution in [0.5, 0.6) is 5.75 Å². The number of thioether (sulfide) groups is 1. The van der Waals surface area contributed by atoms with Crippen LogP contribution in [0.4, 0.5) is 0 Å². The number of hydrogen-bond donors (Lipinski definition) is 1. The third kappa shape index (κ3) is 4.76. The second-order valence-electron chi connectivity index (χ2n) is 7.36. The Hall–Kier alpha value is -4.03. The smallest absolute Gasteiger partial charge is 0.342 e. The van der Waals surface area contributed by atoms with Crippen molar-refractivity contribution >= 4 is 45.7 Å². The van der Waals surface area contributed by atoms with Crippen LogP contribution in [0.15, 0.2) is 106 Å². The van der Waals surface area contributed by atoms with Gasteiger partial charge in [-0.25, -0.2) is 9.78 Å². The number of para-hydroxylation sites is 2. The van der Waals surface area contributed by atoms with Crippen LogP contribution in [0.25, 0.3) is 27.9 Å². The fourth-order valence-corrected chi connectivity index (χ4v) is 4.26. The second-order valence-corrected chi connectivity index (χ2v) is 8.35. The zero-order chi connectivity index (χ0) is 22.6. The second kappa shape index (κ2) is 9.22. The van der Waals surface area contributed by atoms with Gasteiger partial charge in [-0.1, -0.05) is 66.7 Å². The van der Waals surface area contributed by atoms with Crippen molar-refractivity contribution in [1.82, 2.24) is 4.98 Å². The molecule has 0 saturated heterocycles. The molecule has 5 nitrogen and oxygen atoms in total. The van der Waals surface area contributed by atoms with Gasteiger partial charge in [-0.3, -0.25) is 0 Å². The van der Waals surface area contributed by atoms with E-state index in [1.807, 2.05) is 60.7 Å².